The largest absolute Gasteiger partial charge is 0.370 e. The molecule has 1 aromatic rings. The molecule has 2 rings (SSSR count). The monoisotopic (exact) mass is 298 g/mol. The number of piperazine rings is 1. The van der Waals surface area contributed by atoms with Crippen molar-refractivity contribution in [2.45, 2.75) is 18.2 Å². The normalized spacial score (nSPS) is 18.1. The van der Waals surface area contributed by atoms with Crippen LogP contribution in [0.15, 0.2) is 23.2 Å². The molecule has 1 aliphatic heterocycles. The van der Waals surface area contributed by atoms with Crippen molar-refractivity contribution in [3.05, 3.63) is 18.3 Å². The highest BCUT2D eigenvalue weighted by atomic mass is 32.2. The van der Waals surface area contributed by atoms with Crippen molar-refractivity contribution in [1.82, 2.24) is 14.2 Å². The summed E-state index contributed by atoms with van der Waals surface area (Å²) in [5, 5.41) is 3.13. The van der Waals surface area contributed by atoms with Crippen LogP contribution < -0.4 is 5.32 Å². The van der Waals surface area contributed by atoms with Crippen molar-refractivity contribution in [2.24, 2.45) is 0 Å². The second kappa shape index (κ2) is 6.51. The molecular weight excluding hydrogens is 276 g/mol. The van der Waals surface area contributed by atoms with Crippen LogP contribution in [0.2, 0.25) is 0 Å². The van der Waals surface area contributed by atoms with Gasteiger partial charge in [-0.25, -0.2) is 13.4 Å². The number of pyridine rings is 1. The molecule has 7 heteroatoms. The molecule has 0 atom stereocenters. The predicted molar refractivity (Wildman–Crippen MR) is 79.3 cm³/mol. The molecule has 1 N–H and O–H groups in total. The van der Waals surface area contributed by atoms with Gasteiger partial charge in [-0.05, 0) is 25.6 Å². The van der Waals surface area contributed by atoms with Crippen LogP contribution in [0.3, 0.4) is 0 Å². The third-order valence-corrected chi connectivity index (χ3v) is 5.27. The number of anilines is 1. The zero-order valence-corrected chi connectivity index (χ0v) is 12.9. The summed E-state index contributed by atoms with van der Waals surface area (Å²) >= 11 is 0. The van der Waals surface area contributed by atoms with Crippen LogP contribution in [-0.4, -0.2) is 62.4 Å². The minimum absolute atomic E-state index is 0.268. The summed E-state index contributed by atoms with van der Waals surface area (Å²) in [5.41, 5.74) is 0. The van der Waals surface area contributed by atoms with Crippen molar-refractivity contribution in [3.8, 4) is 0 Å². The van der Waals surface area contributed by atoms with Gasteiger partial charge in [-0.3, -0.25) is 0 Å². The molecule has 0 saturated carbocycles. The number of nitrogens with zero attached hydrogens (tertiary/aromatic N) is 3. The molecule has 1 aromatic heterocycles. The van der Waals surface area contributed by atoms with Crippen molar-refractivity contribution in [2.75, 3.05) is 45.1 Å². The van der Waals surface area contributed by atoms with Crippen molar-refractivity contribution in [3.63, 3.8) is 0 Å². The lowest BCUT2D eigenvalue weighted by molar-refractivity contribution is 0.222. The second-order valence-corrected chi connectivity index (χ2v) is 6.95. The number of hydrogen-bond donors (Lipinski definition) is 1. The van der Waals surface area contributed by atoms with Gasteiger partial charge in [0, 0.05) is 38.9 Å². The van der Waals surface area contributed by atoms with E-state index in [0.29, 0.717) is 18.9 Å². The molecule has 0 radical (unpaired) electrons. The first-order valence-electron chi connectivity index (χ1n) is 6.92. The van der Waals surface area contributed by atoms with Gasteiger partial charge in [0.25, 0.3) is 0 Å². The van der Waals surface area contributed by atoms with E-state index in [1.807, 2.05) is 7.05 Å². The van der Waals surface area contributed by atoms with E-state index in [2.05, 4.69) is 22.1 Å². The van der Waals surface area contributed by atoms with E-state index in [4.69, 9.17) is 0 Å². The Hall–Kier alpha value is -1.18. The molecule has 0 aliphatic carbocycles. The van der Waals surface area contributed by atoms with Crippen LogP contribution in [0.25, 0.3) is 0 Å². The standard InChI is InChI=1S/C13H22N4O2S/c1-3-6-14-13-5-4-12(11-15-13)20(18,19)17-9-7-16(2)8-10-17/h4-5,11H,3,6-10H2,1-2H3,(H,14,15). The lowest BCUT2D eigenvalue weighted by atomic mass is 10.4. The molecule has 0 spiro atoms. The molecule has 1 saturated heterocycles. The number of sulfonamides is 1. The average molecular weight is 298 g/mol. The first-order chi connectivity index (χ1) is 9.54. The molecule has 1 aliphatic rings. The van der Waals surface area contributed by atoms with E-state index >= 15 is 0 Å². The number of aromatic nitrogens is 1. The Bertz CT molecular complexity index is 522. The molecule has 0 bridgehead atoms. The van der Waals surface area contributed by atoms with Gasteiger partial charge in [0.05, 0.1) is 0 Å². The van der Waals surface area contributed by atoms with Crippen LogP contribution in [0, 0.1) is 0 Å². The second-order valence-electron chi connectivity index (χ2n) is 5.01. The van der Waals surface area contributed by atoms with E-state index in [-0.39, 0.29) is 4.90 Å². The summed E-state index contributed by atoms with van der Waals surface area (Å²) in [5.74, 6) is 0.712. The summed E-state index contributed by atoms with van der Waals surface area (Å²) < 4.78 is 26.5. The average Bonchev–Trinajstić information content (AvgIpc) is 2.46. The van der Waals surface area contributed by atoms with Crippen LogP contribution in [-0.2, 0) is 10.0 Å². The van der Waals surface area contributed by atoms with E-state index in [0.717, 1.165) is 26.1 Å². The van der Waals surface area contributed by atoms with Gasteiger partial charge in [0.2, 0.25) is 10.0 Å². The number of rotatable bonds is 5. The molecular formula is C13H22N4O2S. The minimum atomic E-state index is -3.41. The summed E-state index contributed by atoms with van der Waals surface area (Å²) in [6.07, 6.45) is 2.44. The van der Waals surface area contributed by atoms with Crippen LogP contribution in [0.5, 0.6) is 0 Å². The molecule has 0 unspecified atom stereocenters. The Labute approximate surface area is 120 Å². The molecule has 0 aromatic carbocycles. The molecule has 6 nitrogen and oxygen atoms in total. The van der Waals surface area contributed by atoms with Crippen LogP contribution in [0.4, 0.5) is 5.82 Å². The van der Waals surface area contributed by atoms with E-state index in [1.165, 1.54) is 10.5 Å². The summed E-state index contributed by atoms with van der Waals surface area (Å²) in [7, 11) is -1.41. The lowest BCUT2D eigenvalue weighted by Crippen LogP contribution is -2.47. The van der Waals surface area contributed by atoms with Crippen LogP contribution >= 0.6 is 0 Å². The van der Waals surface area contributed by atoms with E-state index in [1.54, 1.807) is 12.1 Å². The number of hydrogen-bond acceptors (Lipinski definition) is 5. The molecule has 1 fully saturated rings. The van der Waals surface area contributed by atoms with E-state index < -0.39 is 10.0 Å². The van der Waals surface area contributed by atoms with Gasteiger partial charge in [-0.15, -0.1) is 0 Å². The smallest absolute Gasteiger partial charge is 0.244 e. The maximum atomic E-state index is 12.5. The van der Waals surface area contributed by atoms with Crippen molar-refractivity contribution in [1.29, 1.82) is 0 Å². The lowest BCUT2D eigenvalue weighted by Gasteiger charge is -2.31. The van der Waals surface area contributed by atoms with Crippen LogP contribution in [0.1, 0.15) is 13.3 Å². The third kappa shape index (κ3) is 3.47. The first kappa shape index (κ1) is 15.2. The highest BCUT2D eigenvalue weighted by Gasteiger charge is 2.27. The Balaban J connectivity index is 2.09. The summed E-state index contributed by atoms with van der Waals surface area (Å²) in [4.78, 5) is 6.56. The topological polar surface area (TPSA) is 65.5 Å². The Morgan fingerprint density at radius 2 is 1.95 bits per heavy atom. The number of nitrogens with one attached hydrogen (secondary N) is 1. The zero-order chi connectivity index (χ0) is 14.6. The molecule has 112 valence electrons. The number of likely N-dealkylation sites (N-methyl/N-ethyl adjacent to an activating group) is 1. The maximum Gasteiger partial charge on any atom is 0.244 e. The van der Waals surface area contributed by atoms with Gasteiger partial charge in [-0.2, -0.15) is 4.31 Å². The third-order valence-electron chi connectivity index (χ3n) is 3.39. The van der Waals surface area contributed by atoms with E-state index in [9.17, 15) is 8.42 Å². The van der Waals surface area contributed by atoms with Crippen molar-refractivity contribution < 1.29 is 8.42 Å². The fourth-order valence-corrected chi connectivity index (χ4v) is 3.44. The Morgan fingerprint density at radius 3 is 2.50 bits per heavy atom. The Kier molecular flexibility index (Phi) is 4.95. The highest BCUT2D eigenvalue weighted by molar-refractivity contribution is 7.89. The van der Waals surface area contributed by atoms with Gasteiger partial charge in [-0.1, -0.05) is 6.92 Å². The van der Waals surface area contributed by atoms with Gasteiger partial charge in [0.1, 0.15) is 10.7 Å². The summed E-state index contributed by atoms with van der Waals surface area (Å²) in [6, 6.07) is 3.34. The van der Waals surface area contributed by atoms with Gasteiger partial charge < -0.3 is 10.2 Å². The SMILES string of the molecule is CCCNc1ccc(S(=O)(=O)N2CCN(C)CC2)cn1. The van der Waals surface area contributed by atoms with Gasteiger partial charge in [0.15, 0.2) is 0 Å². The highest BCUT2D eigenvalue weighted by Crippen LogP contribution is 2.17. The predicted octanol–water partition coefficient (Wildman–Crippen LogP) is 0.840. The minimum Gasteiger partial charge on any atom is -0.370 e. The molecule has 2 heterocycles. The first-order valence-corrected chi connectivity index (χ1v) is 8.36. The molecule has 0 amide bonds. The van der Waals surface area contributed by atoms with Gasteiger partial charge >= 0.3 is 0 Å². The molecule has 20 heavy (non-hydrogen) atoms. The Morgan fingerprint density at radius 1 is 1.25 bits per heavy atom. The fraction of sp³-hybridized carbons (Fsp3) is 0.615. The zero-order valence-electron chi connectivity index (χ0n) is 12.0. The van der Waals surface area contributed by atoms with Crippen molar-refractivity contribution >= 4 is 15.8 Å². The fourth-order valence-electron chi connectivity index (χ4n) is 2.07. The maximum absolute atomic E-state index is 12.5. The quantitative estimate of drug-likeness (QED) is 0.872. The summed E-state index contributed by atoms with van der Waals surface area (Å²) in [6.45, 7) is 5.51.